The summed E-state index contributed by atoms with van der Waals surface area (Å²) >= 11 is 3.03. The molecule has 18 heavy (non-hydrogen) atoms. The van der Waals surface area contributed by atoms with Gasteiger partial charge in [0.1, 0.15) is 17.3 Å². The number of halogens is 1. The van der Waals surface area contributed by atoms with Gasteiger partial charge in [-0.3, -0.25) is 0 Å². The average molecular weight is 340 g/mol. The fourth-order valence-electron chi connectivity index (χ4n) is 1.45. The number of aliphatic hydroxyl groups is 1. The summed E-state index contributed by atoms with van der Waals surface area (Å²) < 4.78 is 31.6. The Balaban J connectivity index is 2.65. The third-order valence-electron chi connectivity index (χ3n) is 2.40. The first-order valence-electron chi connectivity index (χ1n) is 5.75. The van der Waals surface area contributed by atoms with Gasteiger partial charge in [-0.2, -0.15) is 0 Å². The van der Waals surface area contributed by atoms with Crippen LogP contribution in [0.5, 0.6) is 0 Å². The van der Waals surface area contributed by atoms with E-state index in [1.54, 1.807) is 0 Å². The Morgan fingerprint density at radius 1 is 1.50 bits per heavy atom. The fourth-order valence-corrected chi connectivity index (χ4v) is 3.52. The van der Waals surface area contributed by atoms with Crippen LogP contribution < -0.4 is 4.72 Å². The van der Waals surface area contributed by atoms with Crippen LogP contribution in [0.25, 0.3) is 0 Å². The van der Waals surface area contributed by atoms with Gasteiger partial charge in [-0.25, -0.2) is 13.1 Å². The normalized spacial score (nSPS) is 12.3. The number of hydrogen-bond acceptors (Lipinski definition) is 4. The topological polar surface area (TPSA) is 79.5 Å². The van der Waals surface area contributed by atoms with Gasteiger partial charge in [-0.1, -0.05) is 13.8 Å². The van der Waals surface area contributed by atoms with Crippen molar-refractivity contribution in [2.45, 2.75) is 38.2 Å². The second-order valence-corrected chi connectivity index (χ2v) is 6.90. The molecule has 1 aromatic rings. The van der Waals surface area contributed by atoms with Gasteiger partial charge in [0.2, 0.25) is 10.0 Å². The number of aliphatic hydroxyl groups excluding tert-OH is 1. The predicted octanol–water partition coefficient (Wildman–Crippen LogP) is 2.25. The Morgan fingerprint density at radius 2 is 2.17 bits per heavy atom. The van der Waals surface area contributed by atoms with Crippen LogP contribution in [0.1, 0.15) is 32.4 Å². The van der Waals surface area contributed by atoms with Crippen molar-refractivity contribution in [3.63, 3.8) is 0 Å². The number of sulfonamides is 1. The SMILES string of the molecule is CC(C)CCCNS(=O)(=O)c1cc(CO)oc1Br. The van der Waals surface area contributed by atoms with Gasteiger partial charge in [0, 0.05) is 12.6 Å². The standard InChI is InChI=1S/C11H18BrNO4S/c1-8(2)4-3-5-13-18(15,16)10-6-9(7-14)17-11(10)12/h6,8,13-14H,3-5,7H2,1-2H3. The fraction of sp³-hybridized carbons (Fsp3) is 0.636. The number of rotatable bonds is 7. The second kappa shape index (κ2) is 6.70. The number of nitrogens with one attached hydrogen (secondary N) is 1. The van der Waals surface area contributed by atoms with E-state index in [2.05, 4.69) is 34.5 Å². The van der Waals surface area contributed by atoms with E-state index in [4.69, 9.17) is 9.52 Å². The van der Waals surface area contributed by atoms with E-state index in [-0.39, 0.29) is 21.9 Å². The molecule has 0 radical (unpaired) electrons. The lowest BCUT2D eigenvalue weighted by Crippen LogP contribution is -2.25. The molecule has 0 amide bonds. The van der Waals surface area contributed by atoms with Gasteiger partial charge in [0.25, 0.3) is 0 Å². The molecule has 1 aromatic heterocycles. The molecule has 0 aliphatic carbocycles. The molecule has 0 spiro atoms. The maximum atomic E-state index is 11.9. The molecule has 0 saturated carbocycles. The third-order valence-corrected chi connectivity index (χ3v) is 4.72. The summed E-state index contributed by atoms with van der Waals surface area (Å²) in [5, 5.41) is 8.89. The largest absolute Gasteiger partial charge is 0.450 e. The monoisotopic (exact) mass is 339 g/mol. The Labute approximate surface area is 116 Å². The van der Waals surface area contributed by atoms with Gasteiger partial charge in [0.05, 0.1) is 0 Å². The van der Waals surface area contributed by atoms with Crippen molar-refractivity contribution in [3.05, 3.63) is 16.5 Å². The maximum absolute atomic E-state index is 11.9. The minimum absolute atomic E-state index is 0.0242. The van der Waals surface area contributed by atoms with Crippen LogP contribution in [0, 0.1) is 5.92 Å². The van der Waals surface area contributed by atoms with Gasteiger partial charge < -0.3 is 9.52 Å². The van der Waals surface area contributed by atoms with Crippen LogP contribution in [-0.4, -0.2) is 20.1 Å². The molecule has 5 nitrogen and oxygen atoms in total. The summed E-state index contributed by atoms with van der Waals surface area (Å²) in [6.07, 6.45) is 1.76. The van der Waals surface area contributed by atoms with Crippen LogP contribution in [-0.2, 0) is 16.6 Å². The van der Waals surface area contributed by atoms with Crippen LogP contribution >= 0.6 is 15.9 Å². The molecular formula is C11H18BrNO4S. The van der Waals surface area contributed by atoms with Crippen LogP contribution in [0.15, 0.2) is 20.0 Å². The molecule has 1 rings (SSSR count). The summed E-state index contributed by atoms with van der Waals surface area (Å²) in [6.45, 7) is 4.25. The lowest BCUT2D eigenvalue weighted by atomic mass is 10.1. The van der Waals surface area contributed by atoms with E-state index in [9.17, 15) is 8.42 Å². The van der Waals surface area contributed by atoms with Gasteiger partial charge in [-0.05, 0) is 34.7 Å². The third kappa shape index (κ3) is 4.38. The summed E-state index contributed by atoms with van der Waals surface area (Å²) in [5.74, 6) is 0.764. The second-order valence-electron chi connectivity index (χ2n) is 4.44. The van der Waals surface area contributed by atoms with Crippen molar-refractivity contribution in [1.29, 1.82) is 0 Å². The molecule has 104 valence electrons. The first kappa shape index (κ1) is 15.7. The van der Waals surface area contributed by atoms with E-state index in [0.717, 1.165) is 12.8 Å². The quantitative estimate of drug-likeness (QED) is 0.746. The minimum atomic E-state index is -3.58. The molecule has 0 aliphatic heterocycles. The molecule has 0 bridgehead atoms. The van der Waals surface area contributed by atoms with Gasteiger partial charge in [-0.15, -0.1) is 0 Å². The molecule has 0 atom stereocenters. The molecule has 0 aromatic carbocycles. The summed E-state index contributed by atoms with van der Waals surface area (Å²) in [5.41, 5.74) is 0. The average Bonchev–Trinajstić information content (AvgIpc) is 2.66. The van der Waals surface area contributed by atoms with Crippen molar-refractivity contribution in [3.8, 4) is 0 Å². The molecule has 0 aliphatic rings. The first-order chi connectivity index (χ1) is 8.36. The minimum Gasteiger partial charge on any atom is -0.450 e. The highest BCUT2D eigenvalue weighted by Gasteiger charge is 2.21. The van der Waals surface area contributed by atoms with Gasteiger partial charge in [0.15, 0.2) is 4.67 Å². The zero-order valence-corrected chi connectivity index (χ0v) is 12.8. The van der Waals surface area contributed by atoms with Crippen LogP contribution in [0.4, 0.5) is 0 Å². The van der Waals surface area contributed by atoms with Crippen molar-refractivity contribution in [2.24, 2.45) is 5.92 Å². The molecule has 7 heteroatoms. The molecule has 0 fully saturated rings. The zero-order valence-electron chi connectivity index (χ0n) is 10.4. The lowest BCUT2D eigenvalue weighted by Gasteiger charge is -2.06. The molecular weight excluding hydrogens is 322 g/mol. The molecule has 1 heterocycles. The zero-order chi connectivity index (χ0) is 13.8. The molecule has 0 unspecified atom stereocenters. The smallest absolute Gasteiger partial charge is 0.244 e. The van der Waals surface area contributed by atoms with Crippen LogP contribution in [0.2, 0.25) is 0 Å². The van der Waals surface area contributed by atoms with Crippen molar-refractivity contribution >= 4 is 26.0 Å². The van der Waals surface area contributed by atoms with E-state index in [1.165, 1.54) is 6.07 Å². The van der Waals surface area contributed by atoms with E-state index in [0.29, 0.717) is 12.5 Å². The lowest BCUT2D eigenvalue weighted by molar-refractivity contribution is 0.245. The van der Waals surface area contributed by atoms with Crippen molar-refractivity contribution in [2.75, 3.05) is 6.54 Å². The first-order valence-corrected chi connectivity index (χ1v) is 8.03. The Bertz CT molecular complexity index is 481. The molecule has 0 saturated heterocycles. The summed E-state index contributed by atoms with van der Waals surface area (Å²) in [6, 6.07) is 1.31. The number of hydrogen-bond donors (Lipinski definition) is 2. The Hall–Kier alpha value is -0.370. The summed E-state index contributed by atoms with van der Waals surface area (Å²) in [4.78, 5) is 0.0242. The Kier molecular flexibility index (Phi) is 5.84. The van der Waals surface area contributed by atoms with E-state index in [1.807, 2.05) is 0 Å². The van der Waals surface area contributed by atoms with Crippen molar-refractivity contribution < 1.29 is 17.9 Å². The highest BCUT2D eigenvalue weighted by atomic mass is 79.9. The highest BCUT2D eigenvalue weighted by molar-refractivity contribution is 9.10. The summed E-state index contributed by atoms with van der Waals surface area (Å²) in [7, 11) is -3.58. The predicted molar refractivity (Wildman–Crippen MR) is 71.6 cm³/mol. The highest BCUT2D eigenvalue weighted by Crippen LogP contribution is 2.25. The van der Waals surface area contributed by atoms with E-state index >= 15 is 0 Å². The van der Waals surface area contributed by atoms with E-state index < -0.39 is 10.0 Å². The maximum Gasteiger partial charge on any atom is 0.244 e. The van der Waals surface area contributed by atoms with Gasteiger partial charge >= 0.3 is 0 Å². The van der Waals surface area contributed by atoms with Crippen molar-refractivity contribution in [1.82, 2.24) is 4.72 Å². The number of furan rings is 1. The van der Waals surface area contributed by atoms with Crippen LogP contribution in [0.3, 0.4) is 0 Å². The molecule has 2 N–H and O–H groups in total. The Morgan fingerprint density at radius 3 is 2.67 bits per heavy atom.